The summed E-state index contributed by atoms with van der Waals surface area (Å²) >= 11 is 0. The molecule has 0 radical (unpaired) electrons. The predicted octanol–water partition coefficient (Wildman–Crippen LogP) is 1.58. The van der Waals surface area contributed by atoms with Crippen LogP contribution >= 0.6 is 0 Å². The molecule has 0 aliphatic heterocycles. The topological polar surface area (TPSA) is 82.5 Å². The van der Waals surface area contributed by atoms with Crippen LogP contribution in [0, 0.1) is 0 Å². The number of nitrogens with one attached hydrogen (secondary N) is 1. The van der Waals surface area contributed by atoms with Crippen molar-refractivity contribution in [1.82, 2.24) is 15.1 Å². The van der Waals surface area contributed by atoms with Crippen LogP contribution in [0.3, 0.4) is 0 Å². The highest BCUT2D eigenvalue weighted by Crippen LogP contribution is 2.06. The van der Waals surface area contributed by atoms with Gasteiger partial charge in [-0.05, 0) is 33.3 Å². The SMILES string of the molecule is COC(=O)c1ccnn1CCCNC(=O)OC(C)(C)C. The van der Waals surface area contributed by atoms with Crippen LogP contribution in [0.25, 0.3) is 0 Å². The molecule has 7 heteroatoms. The second-order valence-corrected chi connectivity index (χ2v) is 5.21. The maximum Gasteiger partial charge on any atom is 0.407 e. The Morgan fingerprint density at radius 1 is 1.40 bits per heavy atom. The fraction of sp³-hybridized carbons (Fsp3) is 0.615. The lowest BCUT2D eigenvalue weighted by Gasteiger charge is -2.19. The smallest absolute Gasteiger partial charge is 0.407 e. The third-order valence-corrected chi connectivity index (χ3v) is 2.33. The molecule has 0 atom stereocenters. The van der Waals surface area contributed by atoms with Crippen molar-refractivity contribution in [2.75, 3.05) is 13.7 Å². The highest BCUT2D eigenvalue weighted by atomic mass is 16.6. The lowest BCUT2D eigenvalue weighted by atomic mass is 10.2. The van der Waals surface area contributed by atoms with Crippen molar-refractivity contribution < 1.29 is 19.1 Å². The third kappa shape index (κ3) is 5.29. The fourth-order valence-corrected chi connectivity index (χ4v) is 1.52. The van der Waals surface area contributed by atoms with E-state index in [1.165, 1.54) is 13.3 Å². The molecule has 20 heavy (non-hydrogen) atoms. The Balaban J connectivity index is 2.33. The van der Waals surface area contributed by atoms with Crippen LogP contribution in [0.4, 0.5) is 4.79 Å². The highest BCUT2D eigenvalue weighted by Gasteiger charge is 2.15. The van der Waals surface area contributed by atoms with E-state index in [-0.39, 0.29) is 0 Å². The molecule has 0 aliphatic carbocycles. The summed E-state index contributed by atoms with van der Waals surface area (Å²) in [4.78, 5) is 22.8. The van der Waals surface area contributed by atoms with Crippen LogP contribution in [0.1, 0.15) is 37.7 Å². The molecule has 1 heterocycles. The normalized spacial score (nSPS) is 11.0. The molecule has 1 N–H and O–H groups in total. The molecule has 1 aromatic rings. The molecule has 1 rings (SSSR count). The zero-order valence-electron chi connectivity index (χ0n) is 12.3. The number of ether oxygens (including phenoxy) is 2. The first-order valence-corrected chi connectivity index (χ1v) is 6.40. The van der Waals surface area contributed by atoms with Crippen molar-refractivity contribution in [3.8, 4) is 0 Å². The van der Waals surface area contributed by atoms with Crippen molar-refractivity contribution >= 4 is 12.1 Å². The van der Waals surface area contributed by atoms with Gasteiger partial charge in [-0.2, -0.15) is 5.10 Å². The van der Waals surface area contributed by atoms with E-state index in [4.69, 9.17) is 4.74 Å². The maximum absolute atomic E-state index is 11.4. The van der Waals surface area contributed by atoms with Gasteiger partial charge in [0.1, 0.15) is 11.3 Å². The molecule has 0 saturated heterocycles. The van der Waals surface area contributed by atoms with Gasteiger partial charge in [-0.3, -0.25) is 4.68 Å². The number of rotatable bonds is 5. The van der Waals surface area contributed by atoms with Crippen LogP contribution in [0.15, 0.2) is 12.3 Å². The Labute approximate surface area is 118 Å². The van der Waals surface area contributed by atoms with E-state index in [1.54, 1.807) is 31.5 Å². The minimum absolute atomic E-state index is 0.393. The Morgan fingerprint density at radius 3 is 2.70 bits per heavy atom. The summed E-state index contributed by atoms with van der Waals surface area (Å²) in [5, 5.41) is 6.68. The molecule has 0 bridgehead atoms. The van der Waals surface area contributed by atoms with Crippen LogP contribution < -0.4 is 5.32 Å². The van der Waals surface area contributed by atoms with Crippen LogP contribution in [-0.4, -0.2) is 41.1 Å². The zero-order chi connectivity index (χ0) is 15.2. The second kappa shape index (κ2) is 6.93. The zero-order valence-corrected chi connectivity index (χ0v) is 12.3. The minimum atomic E-state index is -0.510. The van der Waals surface area contributed by atoms with Gasteiger partial charge < -0.3 is 14.8 Å². The molecule has 112 valence electrons. The third-order valence-electron chi connectivity index (χ3n) is 2.33. The van der Waals surface area contributed by atoms with Crippen molar-refractivity contribution in [2.45, 2.75) is 39.3 Å². The summed E-state index contributed by atoms with van der Waals surface area (Å²) < 4.78 is 11.3. The van der Waals surface area contributed by atoms with Gasteiger partial charge in [0.2, 0.25) is 0 Å². The molecule has 0 spiro atoms. The number of carbonyl (C=O) groups excluding carboxylic acids is 2. The highest BCUT2D eigenvalue weighted by molar-refractivity contribution is 5.87. The van der Waals surface area contributed by atoms with Crippen molar-refractivity contribution in [3.63, 3.8) is 0 Å². The Morgan fingerprint density at radius 2 is 2.10 bits per heavy atom. The summed E-state index contributed by atoms with van der Waals surface area (Å²) in [5.41, 5.74) is -0.116. The van der Waals surface area contributed by atoms with Crippen molar-refractivity contribution in [2.24, 2.45) is 0 Å². The van der Waals surface area contributed by atoms with E-state index in [2.05, 4.69) is 15.2 Å². The number of alkyl carbamates (subject to hydrolysis) is 1. The summed E-state index contributed by atoms with van der Waals surface area (Å²) in [5.74, 6) is -0.428. The monoisotopic (exact) mass is 283 g/mol. The fourth-order valence-electron chi connectivity index (χ4n) is 1.52. The van der Waals surface area contributed by atoms with E-state index in [0.29, 0.717) is 25.2 Å². The summed E-state index contributed by atoms with van der Waals surface area (Å²) in [6, 6.07) is 1.59. The molecule has 1 amide bonds. The largest absolute Gasteiger partial charge is 0.464 e. The number of amides is 1. The number of nitrogens with zero attached hydrogens (tertiary/aromatic N) is 2. The van der Waals surface area contributed by atoms with Gasteiger partial charge >= 0.3 is 12.1 Å². The number of carbonyl (C=O) groups is 2. The summed E-state index contributed by atoms with van der Waals surface area (Å²) in [6.07, 6.45) is 1.71. The van der Waals surface area contributed by atoms with Gasteiger partial charge in [-0.25, -0.2) is 9.59 Å². The molecule has 0 fully saturated rings. The average molecular weight is 283 g/mol. The van der Waals surface area contributed by atoms with Crippen LogP contribution in [0.5, 0.6) is 0 Å². The first-order chi connectivity index (χ1) is 9.33. The molecular formula is C13H21N3O4. The first-order valence-electron chi connectivity index (χ1n) is 6.40. The van der Waals surface area contributed by atoms with Crippen LogP contribution in [-0.2, 0) is 16.0 Å². The van der Waals surface area contributed by atoms with Gasteiger partial charge in [0, 0.05) is 19.3 Å². The molecule has 1 aromatic heterocycles. The van der Waals surface area contributed by atoms with Gasteiger partial charge in [0.25, 0.3) is 0 Å². The quantitative estimate of drug-likeness (QED) is 0.655. The van der Waals surface area contributed by atoms with Crippen molar-refractivity contribution in [1.29, 1.82) is 0 Å². The van der Waals surface area contributed by atoms with Gasteiger partial charge in [0.15, 0.2) is 0 Å². The lowest BCUT2D eigenvalue weighted by Crippen LogP contribution is -2.33. The van der Waals surface area contributed by atoms with Gasteiger partial charge in [-0.15, -0.1) is 0 Å². The number of methoxy groups -OCH3 is 1. The molecule has 0 aliphatic rings. The van der Waals surface area contributed by atoms with Gasteiger partial charge in [-0.1, -0.05) is 0 Å². The molecule has 0 saturated carbocycles. The number of esters is 1. The molecule has 0 unspecified atom stereocenters. The lowest BCUT2D eigenvalue weighted by molar-refractivity contribution is 0.0522. The van der Waals surface area contributed by atoms with Gasteiger partial charge in [0.05, 0.1) is 7.11 Å². The maximum atomic E-state index is 11.4. The Bertz CT molecular complexity index is 462. The standard InChI is InChI=1S/C13H21N3O4/c1-13(2,3)20-12(18)14-7-5-9-16-10(6-8-15-16)11(17)19-4/h6,8H,5,7,9H2,1-4H3,(H,14,18). The predicted molar refractivity (Wildman–Crippen MR) is 72.4 cm³/mol. The Kier molecular flexibility index (Phi) is 5.54. The van der Waals surface area contributed by atoms with E-state index in [1.807, 2.05) is 0 Å². The molecule has 7 nitrogen and oxygen atoms in total. The molecular weight excluding hydrogens is 262 g/mol. The number of hydrogen-bond donors (Lipinski definition) is 1. The molecule has 0 aromatic carbocycles. The minimum Gasteiger partial charge on any atom is -0.464 e. The van der Waals surface area contributed by atoms with E-state index >= 15 is 0 Å². The number of aromatic nitrogens is 2. The van der Waals surface area contributed by atoms with E-state index in [0.717, 1.165) is 0 Å². The average Bonchev–Trinajstić information content (AvgIpc) is 2.79. The first kappa shape index (κ1) is 16.0. The Hall–Kier alpha value is -2.05. The van der Waals surface area contributed by atoms with Crippen LogP contribution in [0.2, 0.25) is 0 Å². The van der Waals surface area contributed by atoms with Crippen molar-refractivity contribution in [3.05, 3.63) is 18.0 Å². The summed E-state index contributed by atoms with van der Waals surface area (Å²) in [6.45, 7) is 6.36. The summed E-state index contributed by atoms with van der Waals surface area (Å²) in [7, 11) is 1.32. The second-order valence-electron chi connectivity index (χ2n) is 5.21. The number of aryl methyl sites for hydroxylation is 1. The number of hydrogen-bond acceptors (Lipinski definition) is 5. The van der Waals surface area contributed by atoms with E-state index < -0.39 is 17.7 Å². The van der Waals surface area contributed by atoms with E-state index in [9.17, 15) is 9.59 Å².